The Balaban J connectivity index is 4.65. The largest absolute Gasteiger partial charge is 0.480 e. The van der Waals surface area contributed by atoms with Gasteiger partial charge in [-0.3, -0.25) is 23.4 Å². The van der Waals surface area contributed by atoms with Gasteiger partial charge in [-0.15, -0.1) is 0 Å². The summed E-state index contributed by atoms with van der Waals surface area (Å²) < 4.78 is 32.5. The third kappa shape index (κ3) is 37.4. The van der Waals surface area contributed by atoms with Gasteiger partial charge >= 0.3 is 25.7 Å². The van der Waals surface area contributed by atoms with Crippen LogP contribution in [0.15, 0.2) is 60.8 Å². The normalized spacial score (nSPS) is 15.4. The van der Waals surface area contributed by atoms with Crippen LogP contribution in [0.5, 0.6) is 0 Å². The zero-order valence-electron chi connectivity index (χ0n) is 35.3. The Kier molecular flexibility index (Phi) is 36.4. The number of phosphoric ester groups is 1. The summed E-state index contributed by atoms with van der Waals surface area (Å²) in [5, 5.41) is 29.1. The number of phosphoric acid groups is 1. The number of esters is 2. The quantitative estimate of drug-likeness (QED) is 0.0129. The fourth-order valence-electron chi connectivity index (χ4n) is 5.43. The van der Waals surface area contributed by atoms with Gasteiger partial charge in [0.05, 0.1) is 25.4 Å². The second-order valence-corrected chi connectivity index (χ2v) is 16.0. The molecule has 0 heterocycles. The Hall–Kier alpha value is -2.90. The van der Waals surface area contributed by atoms with Gasteiger partial charge < -0.3 is 35.4 Å². The van der Waals surface area contributed by atoms with Crippen LogP contribution in [-0.2, 0) is 37.5 Å². The van der Waals surface area contributed by atoms with E-state index in [0.29, 0.717) is 19.3 Å². The summed E-state index contributed by atoms with van der Waals surface area (Å²) in [6, 6.07) is -1.56. The molecule has 0 saturated heterocycles. The third-order valence-corrected chi connectivity index (χ3v) is 9.88. The highest BCUT2D eigenvalue weighted by Crippen LogP contribution is 2.43. The number of carboxylic acids is 1. The number of aliphatic carboxylic acids is 1. The molecule has 334 valence electrons. The average molecular weight is 842 g/mol. The molecule has 0 saturated carbocycles. The molecule has 0 aliphatic carbocycles. The number of aliphatic hydroxyl groups excluding tert-OH is 2. The van der Waals surface area contributed by atoms with Crippen molar-refractivity contribution in [1.29, 1.82) is 0 Å². The van der Waals surface area contributed by atoms with E-state index in [9.17, 15) is 34.1 Å². The fourth-order valence-corrected chi connectivity index (χ4v) is 6.21. The molecule has 0 aliphatic heterocycles. The predicted octanol–water partition coefficient (Wildman–Crippen LogP) is 9.11. The molecule has 0 bridgehead atoms. The van der Waals surface area contributed by atoms with Gasteiger partial charge in [-0.2, -0.15) is 0 Å². The molecule has 13 nitrogen and oxygen atoms in total. The van der Waals surface area contributed by atoms with Gasteiger partial charge in [0.25, 0.3) is 0 Å². The van der Waals surface area contributed by atoms with E-state index < -0.39 is 69.9 Å². The van der Waals surface area contributed by atoms with Crippen molar-refractivity contribution < 1.29 is 57.7 Å². The molecule has 0 aromatic rings. The van der Waals surface area contributed by atoms with Crippen LogP contribution in [-0.4, -0.2) is 82.3 Å². The van der Waals surface area contributed by atoms with Gasteiger partial charge in [0.15, 0.2) is 6.10 Å². The average Bonchev–Trinajstić information content (AvgIpc) is 3.19. The van der Waals surface area contributed by atoms with Crippen molar-refractivity contribution in [1.82, 2.24) is 0 Å². The smallest absolute Gasteiger partial charge is 0.472 e. The number of hydrogen-bond acceptors (Lipinski definition) is 11. The van der Waals surface area contributed by atoms with E-state index in [-0.39, 0.29) is 19.3 Å². The molecule has 0 amide bonds. The number of unbranched alkanes of at least 4 members (excludes halogenated alkanes) is 14. The molecule has 14 heteroatoms. The van der Waals surface area contributed by atoms with Gasteiger partial charge in [0.1, 0.15) is 12.6 Å². The summed E-state index contributed by atoms with van der Waals surface area (Å²) in [7, 11) is -4.78. The second-order valence-electron chi connectivity index (χ2n) is 14.5. The lowest BCUT2D eigenvalue weighted by atomic mass is 10.1. The summed E-state index contributed by atoms with van der Waals surface area (Å²) in [6.07, 6.45) is 36.3. The lowest BCUT2D eigenvalue weighted by molar-refractivity contribution is -0.161. The molecule has 0 fully saturated rings. The minimum Gasteiger partial charge on any atom is -0.480 e. The Morgan fingerprint density at radius 3 is 1.74 bits per heavy atom. The van der Waals surface area contributed by atoms with E-state index in [0.717, 1.165) is 51.4 Å². The molecule has 0 aliphatic rings. The Morgan fingerprint density at radius 1 is 0.621 bits per heavy atom. The highest BCUT2D eigenvalue weighted by Gasteiger charge is 2.28. The number of ether oxygens (including phenoxy) is 2. The lowest BCUT2D eigenvalue weighted by Crippen LogP contribution is -2.34. The first kappa shape index (κ1) is 55.1. The third-order valence-electron chi connectivity index (χ3n) is 8.93. The molecule has 1 unspecified atom stereocenters. The number of rotatable bonds is 39. The first-order valence-corrected chi connectivity index (χ1v) is 23.0. The maximum Gasteiger partial charge on any atom is 0.472 e. The minimum absolute atomic E-state index is 0.0421. The van der Waals surface area contributed by atoms with Crippen LogP contribution in [0.4, 0.5) is 0 Å². The summed E-state index contributed by atoms with van der Waals surface area (Å²) in [5.74, 6) is -2.67. The van der Waals surface area contributed by atoms with Crippen LogP contribution < -0.4 is 5.73 Å². The topological polar surface area (TPSA) is 212 Å². The fraction of sp³-hybridized carbons (Fsp3) is 0.705. The molecular formula is C44H76NO12P. The van der Waals surface area contributed by atoms with Crippen LogP contribution >= 0.6 is 7.82 Å². The lowest BCUT2D eigenvalue weighted by Gasteiger charge is -2.20. The van der Waals surface area contributed by atoms with Gasteiger partial charge in [-0.05, 0) is 64.2 Å². The number of aliphatic hydroxyl groups is 2. The standard InChI is InChI=1S/C44H76NO12P/c1-3-5-7-9-11-12-13-14-15-16-17-18-19-21-27-33-43(49)57-40(36-55-58(52,53)56-37-41(45)44(50)51)35-54-42(48)34-28-32-39(47)31-26-23-22-25-30-38(46)29-24-20-10-8-6-4-2/h14-15,20,22-26,30-31,38-41,46-47H,3-13,16-19,21,27-29,32-37,45H2,1-2H3,(H,50,51)(H,52,53)/b15-14-,23-22+,24-20-,30-25+,31-26-/t38-,39-,40-,41+/m1/s1. The maximum atomic E-state index is 12.6. The molecule has 0 aromatic heterocycles. The van der Waals surface area contributed by atoms with Crippen molar-refractivity contribution >= 4 is 25.7 Å². The number of carboxylic acid groups (broad SMARTS) is 1. The first-order chi connectivity index (χ1) is 27.9. The van der Waals surface area contributed by atoms with Crippen molar-refractivity contribution in [3.8, 4) is 0 Å². The van der Waals surface area contributed by atoms with Gasteiger partial charge in [-0.1, -0.05) is 139 Å². The van der Waals surface area contributed by atoms with Crippen LogP contribution in [0.25, 0.3) is 0 Å². The Labute approximate surface area is 348 Å². The summed E-state index contributed by atoms with van der Waals surface area (Å²) in [6.45, 7) is 2.46. The van der Waals surface area contributed by atoms with E-state index in [2.05, 4.69) is 36.6 Å². The Bertz CT molecular complexity index is 1250. The monoisotopic (exact) mass is 842 g/mol. The van der Waals surface area contributed by atoms with Crippen LogP contribution in [0.1, 0.15) is 155 Å². The number of nitrogens with two attached hydrogens (primary N) is 1. The van der Waals surface area contributed by atoms with E-state index in [1.807, 2.05) is 6.08 Å². The first-order valence-electron chi connectivity index (χ1n) is 21.5. The number of carbonyl (C=O) groups is 3. The number of carbonyl (C=O) groups excluding carboxylic acids is 2. The van der Waals surface area contributed by atoms with Gasteiger partial charge in [0.2, 0.25) is 0 Å². The van der Waals surface area contributed by atoms with Gasteiger partial charge in [0, 0.05) is 12.8 Å². The Morgan fingerprint density at radius 2 is 1.12 bits per heavy atom. The molecule has 0 aromatic carbocycles. The van der Waals surface area contributed by atoms with Gasteiger partial charge in [-0.25, -0.2) is 4.57 Å². The number of allylic oxidation sites excluding steroid dienone is 7. The maximum absolute atomic E-state index is 12.6. The van der Waals surface area contributed by atoms with Crippen LogP contribution in [0.3, 0.4) is 0 Å². The highest BCUT2D eigenvalue weighted by molar-refractivity contribution is 7.47. The highest BCUT2D eigenvalue weighted by atomic mass is 31.2. The van der Waals surface area contributed by atoms with Crippen molar-refractivity contribution in [2.45, 2.75) is 179 Å². The summed E-state index contributed by atoms with van der Waals surface area (Å²) in [5.41, 5.74) is 5.31. The minimum atomic E-state index is -4.78. The molecule has 0 rings (SSSR count). The van der Waals surface area contributed by atoms with Crippen molar-refractivity contribution in [2.75, 3.05) is 19.8 Å². The van der Waals surface area contributed by atoms with E-state index in [1.54, 1.807) is 36.5 Å². The molecule has 6 N–H and O–H groups in total. The molecule has 0 radical (unpaired) electrons. The van der Waals surface area contributed by atoms with Crippen molar-refractivity contribution in [3.05, 3.63) is 60.8 Å². The zero-order chi connectivity index (χ0) is 43.1. The van der Waals surface area contributed by atoms with Crippen molar-refractivity contribution in [2.24, 2.45) is 5.73 Å². The predicted molar refractivity (Wildman–Crippen MR) is 229 cm³/mol. The van der Waals surface area contributed by atoms with Crippen molar-refractivity contribution in [3.63, 3.8) is 0 Å². The van der Waals surface area contributed by atoms with E-state index >= 15 is 0 Å². The summed E-state index contributed by atoms with van der Waals surface area (Å²) >= 11 is 0. The van der Waals surface area contributed by atoms with Crippen LogP contribution in [0, 0.1) is 0 Å². The molecular weight excluding hydrogens is 765 g/mol. The zero-order valence-corrected chi connectivity index (χ0v) is 36.2. The van der Waals surface area contributed by atoms with E-state index in [4.69, 9.17) is 24.8 Å². The number of hydrogen-bond donors (Lipinski definition) is 5. The van der Waals surface area contributed by atoms with E-state index in [1.165, 1.54) is 51.4 Å². The SMILES string of the molecule is CCCCC/C=C\C[C@@H](O)/C=C/C=C/C=C\[C@@H](O)CCCC(=O)OC[C@H](COP(=O)(O)OC[C@H](N)C(=O)O)OC(=O)CCCCCCC/C=C\CCCCCCCC. The molecule has 58 heavy (non-hydrogen) atoms. The molecule has 5 atom stereocenters. The van der Waals surface area contributed by atoms with Crippen LogP contribution in [0.2, 0.25) is 0 Å². The second kappa shape index (κ2) is 38.3. The molecule has 0 spiro atoms. The summed E-state index contributed by atoms with van der Waals surface area (Å²) in [4.78, 5) is 45.9.